The van der Waals surface area contributed by atoms with E-state index in [1.165, 1.54) is 5.56 Å². The smallest absolute Gasteiger partial charge is 0.0459 e. The summed E-state index contributed by atoms with van der Waals surface area (Å²) in [5.41, 5.74) is 7.89. The first-order valence-electron chi connectivity index (χ1n) is 4.91. The molecule has 0 unspecified atom stereocenters. The lowest BCUT2D eigenvalue weighted by Gasteiger charge is -2.21. The Morgan fingerprint density at radius 3 is 2.21 bits per heavy atom. The van der Waals surface area contributed by atoms with Gasteiger partial charge in [-0.2, -0.15) is 0 Å². The van der Waals surface area contributed by atoms with Gasteiger partial charge in [0.15, 0.2) is 0 Å². The summed E-state index contributed by atoms with van der Waals surface area (Å²) in [7, 11) is 0. The number of benzene rings is 1. The molecular formula is C12H18ClN. The maximum Gasteiger partial charge on any atom is 0.0459 e. The molecule has 0 atom stereocenters. The minimum absolute atomic E-state index is 0.368. The zero-order chi connectivity index (χ0) is 10.9. The van der Waals surface area contributed by atoms with Crippen molar-refractivity contribution in [2.24, 2.45) is 5.73 Å². The third kappa shape index (κ3) is 2.49. The molecule has 1 aromatic carbocycles. The van der Waals surface area contributed by atoms with Crippen LogP contribution in [0.2, 0.25) is 5.02 Å². The molecule has 1 nitrogen and oxygen atoms in total. The zero-order valence-corrected chi connectivity index (χ0v) is 10.0. The van der Waals surface area contributed by atoms with Gasteiger partial charge in [-0.1, -0.05) is 37.6 Å². The van der Waals surface area contributed by atoms with Crippen LogP contribution in [0, 0.1) is 0 Å². The number of nitrogens with two attached hydrogens (primary N) is 1. The van der Waals surface area contributed by atoms with Crippen LogP contribution in [-0.2, 0) is 5.54 Å². The highest BCUT2D eigenvalue weighted by atomic mass is 35.5. The molecule has 0 radical (unpaired) electrons. The van der Waals surface area contributed by atoms with E-state index in [-0.39, 0.29) is 5.54 Å². The van der Waals surface area contributed by atoms with Crippen molar-refractivity contribution in [1.29, 1.82) is 0 Å². The number of hydrogen-bond acceptors (Lipinski definition) is 1. The first-order valence-corrected chi connectivity index (χ1v) is 5.29. The van der Waals surface area contributed by atoms with Crippen molar-refractivity contribution in [3.05, 3.63) is 34.3 Å². The Kier molecular flexibility index (Phi) is 3.23. The summed E-state index contributed by atoms with van der Waals surface area (Å²) in [6, 6.07) is 6.13. The second-order valence-electron chi connectivity index (χ2n) is 4.62. The Morgan fingerprint density at radius 1 is 1.29 bits per heavy atom. The van der Waals surface area contributed by atoms with Crippen molar-refractivity contribution < 1.29 is 0 Å². The molecule has 0 heterocycles. The van der Waals surface area contributed by atoms with E-state index in [2.05, 4.69) is 19.9 Å². The molecule has 0 bridgehead atoms. The molecule has 0 fully saturated rings. The quantitative estimate of drug-likeness (QED) is 0.794. The normalized spacial score (nSPS) is 12.2. The first-order chi connectivity index (χ1) is 6.32. The average Bonchev–Trinajstić information content (AvgIpc) is 2.01. The van der Waals surface area contributed by atoms with Crippen molar-refractivity contribution in [2.75, 3.05) is 0 Å². The van der Waals surface area contributed by atoms with Gasteiger partial charge in [0, 0.05) is 10.6 Å². The Labute approximate surface area is 91.3 Å². The molecule has 0 amide bonds. The molecular weight excluding hydrogens is 194 g/mol. The van der Waals surface area contributed by atoms with Crippen LogP contribution in [0.15, 0.2) is 18.2 Å². The summed E-state index contributed by atoms with van der Waals surface area (Å²) in [5, 5.41) is 0.767. The molecule has 2 N–H and O–H groups in total. The molecule has 0 saturated carbocycles. The van der Waals surface area contributed by atoms with Gasteiger partial charge in [-0.15, -0.1) is 0 Å². The molecule has 78 valence electrons. The fourth-order valence-corrected chi connectivity index (χ4v) is 1.85. The zero-order valence-electron chi connectivity index (χ0n) is 9.26. The van der Waals surface area contributed by atoms with E-state index in [4.69, 9.17) is 17.3 Å². The topological polar surface area (TPSA) is 26.0 Å². The first kappa shape index (κ1) is 11.5. The third-order valence-electron chi connectivity index (χ3n) is 2.35. The van der Waals surface area contributed by atoms with Crippen LogP contribution in [-0.4, -0.2) is 0 Å². The van der Waals surface area contributed by atoms with Crippen LogP contribution in [0.1, 0.15) is 44.7 Å². The lowest BCUT2D eigenvalue weighted by Crippen LogP contribution is -2.29. The summed E-state index contributed by atoms with van der Waals surface area (Å²) >= 11 is 6.18. The molecule has 0 saturated heterocycles. The van der Waals surface area contributed by atoms with Crippen LogP contribution in [0.25, 0.3) is 0 Å². The van der Waals surface area contributed by atoms with Gasteiger partial charge in [-0.3, -0.25) is 0 Å². The number of halogens is 1. The van der Waals surface area contributed by atoms with E-state index >= 15 is 0 Å². The van der Waals surface area contributed by atoms with Crippen molar-refractivity contribution in [3.63, 3.8) is 0 Å². The number of hydrogen-bond donors (Lipinski definition) is 1. The molecule has 0 aromatic heterocycles. The van der Waals surface area contributed by atoms with Crippen molar-refractivity contribution in [3.8, 4) is 0 Å². The third-order valence-corrected chi connectivity index (χ3v) is 2.67. The van der Waals surface area contributed by atoms with E-state index < -0.39 is 0 Å². The molecule has 2 heteroatoms. The Balaban J connectivity index is 3.15. The van der Waals surface area contributed by atoms with E-state index in [9.17, 15) is 0 Å². The van der Waals surface area contributed by atoms with Gasteiger partial charge in [0.2, 0.25) is 0 Å². The number of rotatable bonds is 2. The van der Waals surface area contributed by atoms with Crippen molar-refractivity contribution in [2.45, 2.75) is 39.2 Å². The molecule has 1 aromatic rings. The SMILES string of the molecule is CC(C)c1ccc(C(C)(C)N)c(Cl)c1. The standard InChI is InChI=1S/C12H18ClN/c1-8(2)9-5-6-10(11(13)7-9)12(3,4)14/h5-8H,14H2,1-4H3. The van der Waals surface area contributed by atoms with Crippen LogP contribution < -0.4 is 5.73 Å². The highest BCUT2D eigenvalue weighted by Gasteiger charge is 2.17. The highest BCUT2D eigenvalue weighted by molar-refractivity contribution is 6.31. The summed E-state index contributed by atoms with van der Waals surface area (Å²) < 4.78 is 0. The molecule has 0 aliphatic rings. The Bertz CT molecular complexity index is 324. The Hall–Kier alpha value is -0.530. The summed E-state index contributed by atoms with van der Waals surface area (Å²) in [6.45, 7) is 8.23. The van der Waals surface area contributed by atoms with Gasteiger partial charge in [0.1, 0.15) is 0 Å². The van der Waals surface area contributed by atoms with Gasteiger partial charge >= 0.3 is 0 Å². The predicted molar refractivity (Wildman–Crippen MR) is 62.8 cm³/mol. The van der Waals surface area contributed by atoms with E-state index in [0.717, 1.165) is 10.6 Å². The van der Waals surface area contributed by atoms with Crippen LogP contribution in [0.5, 0.6) is 0 Å². The lowest BCUT2D eigenvalue weighted by atomic mass is 9.92. The monoisotopic (exact) mass is 211 g/mol. The summed E-state index contributed by atoms with van der Waals surface area (Å²) in [4.78, 5) is 0. The van der Waals surface area contributed by atoms with E-state index in [0.29, 0.717) is 5.92 Å². The molecule has 0 aliphatic carbocycles. The highest BCUT2D eigenvalue weighted by Crippen LogP contribution is 2.28. The van der Waals surface area contributed by atoms with Gasteiger partial charge in [0.25, 0.3) is 0 Å². The molecule has 14 heavy (non-hydrogen) atoms. The van der Waals surface area contributed by atoms with Gasteiger partial charge in [-0.05, 0) is 37.0 Å². The maximum absolute atomic E-state index is 6.18. The van der Waals surface area contributed by atoms with Crippen LogP contribution in [0.3, 0.4) is 0 Å². The fraction of sp³-hybridized carbons (Fsp3) is 0.500. The van der Waals surface area contributed by atoms with Gasteiger partial charge < -0.3 is 5.73 Å². The molecule has 0 aliphatic heterocycles. The minimum atomic E-state index is -0.368. The predicted octanol–water partition coefficient (Wildman–Crippen LogP) is 3.66. The Morgan fingerprint density at radius 2 is 1.86 bits per heavy atom. The van der Waals surface area contributed by atoms with Crippen molar-refractivity contribution in [1.82, 2.24) is 0 Å². The average molecular weight is 212 g/mol. The molecule has 1 rings (SSSR count). The lowest BCUT2D eigenvalue weighted by molar-refractivity contribution is 0.554. The van der Waals surface area contributed by atoms with Crippen molar-refractivity contribution >= 4 is 11.6 Å². The fourth-order valence-electron chi connectivity index (χ4n) is 1.41. The van der Waals surface area contributed by atoms with Gasteiger partial charge in [-0.25, -0.2) is 0 Å². The van der Waals surface area contributed by atoms with E-state index in [1.54, 1.807) is 0 Å². The van der Waals surface area contributed by atoms with Crippen LogP contribution >= 0.6 is 11.6 Å². The van der Waals surface area contributed by atoms with E-state index in [1.807, 2.05) is 26.0 Å². The van der Waals surface area contributed by atoms with Crippen LogP contribution in [0.4, 0.5) is 0 Å². The summed E-state index contributed by atoms with van der Waals surface area (Å²) in [6.07, 6.45) is 0. The van der Waals surface area contributed by atoms with Gasteiger partial charge in [0.05, 0.1) is 0 Å². The largest absolute Gasteiger partial charge is 0.322 e. The second kappa shape index (κ2) is 3.92. The minimum Gasteiger partial charge on any atom is -0.322 e. The molecule has 0 spiro atoms. The maximum atomic E-state index is 6.18. The second-order valence-corrected chi connectivity index (χ2v) is 5.02. The summed E-state index contributed by atoms with van der Waals surface area (Å²) in [5.74, 6) is 0.502.